The van der Waals surface area contributed by atoms with Gasteiger partial charge >= 0.3 is 5.97 Å². The second kappa shape index (κ2) is 4.58. The first kappa shape index (κ1) is 12.3. The molecule has 1 heterocycles. The van der Waals surface area contributed by atoms with Crippen LogP contribution in [0.25, 0.3) is 0 Å². The summed E-state index contributed by atoms with van der Waals surface area (Å²) in [6, 6.07) is 5.04. The highest BCUT2D eigenvalue weighted by molar-refractivity contribution is 5.84. The maximum absolute atomic E-state index is 13.4. The first-order valence-electron chi connectivity index (χ1n) is 4.95. The molecule has 0 radical (unpaired) electrons. The topological polar surface area (TPSA) is 70.7 Å². The molecule has 0 saturated heterocycles. The van der Waals surface area contributed by atoms with Gasteiger partial charge in [-0.1, -0.05) is 6.07 Å². The monoisotopic (exact) mass is 254 g/mol. The summed E-state index contributed by atoms with van der Waals surface area (Å²) in [6.45, 7) is 0. The first-order valence-corrected chi connectivity index (χ1v) is 4.95. The Bertz CT molecular complexity index is 592. The molecular formula is C12H8F2O4. The molecule has 0 aliphatic heterocycles. The molecule has 0 aliphatic carbocycles. The van der Waals surface area contributed by atoms with Crippen LogP contribution in [0.5, 0.6) is 0 Å². The van der Waals surface area contributed by atoms with E-state index in [-0.39, 0.29) is 17.1 Å². The number of halogens is 2. The smallest absolute Gasteiger partial charge is 0.371 e. The fourth-order valence-electron chi connectivity index (χ4n) is 1.49. The van der Waals surface area contributed by atoms with Gasteiger partial charge in [0.1, 0.15) is 23.5 Å². The number of aliphatic hydroxyl groups excluding tert-OH is 1. The third-order valence-electron chi connectivity index (χ3n) is 2.36. The van der Waals surface area contributed by atoms with E-state index in [0.29, 0.717) is 6.07 Å². The molecule has 1 atom stereocenters. The Kier molecular flexibility index (Phi) is 3.12. The molecule has 1 aromatic heterocycles. The minimum Gasteiger partial charge on any atom is -0.475 e. The van der Waals surface area contributed by atoms with Crippen molar-refractivity contribution >= 4 is 5.97 Å². The summed E-state index contributed by atoms with van der Waals surface area (Å²) < 4.78 is 30.9. The van der Waals surface area contributed by atoms with Crippen molar-refractivity contribution in [2.45, 2.75) is 6.10 Å². The normalized spacial score (nSPS) is 12.4. The average molecular weight is 254 g/mol. The minimum absolute atomic E-state index is 0.127. The Hall–Kier alpha value is -2.21. The van der Waals surface area contributed by atoms with Crippen LogP contribution in [0.1, 0.15) is 28.0 Å². The van der Waals surface area contributed by atoms with Gasteiger partial charge in [-0.3, -0.25) is 0 Å². The second-order valence-corrected chi connectivity index (χ2v) is 3.58. The lowest BCUT2D eigenvalue weighted by Gasteiger charge is -2.09. The molecule has 0 saturated carbocycles. The van der Waals surface area contributed by atoms with Crippen molar-refractivity contribution in [3.05, 3.63) is 59.1 Å². The molecule has 1 aromatic carbocycles. The molecule has 4 nitrogen and oxygen atoms in total. The molecule has 2 N–H and O–H groups in total. The molecule has 0 amide bonds. The largest absolute Gasteiger partial charge is 0.475 e. The lowest BCUT2D eigenvalue weighted by atomic mass is 10.1. The van der Waals surface area contributed by atoms with Crippen molar-refractivity contribution in [2.75, 3.05) is 0 Å². The molecule has 0 fully saturated rings. The standard InChI is InChI=1S/C12H8F2O4/c13-6-1-2-7(8(14)5-6)11(15)9-3-4-10(18-9)12(16)17/h1-5,11,15H,(H,16,17). The Morgan fingerprint density at radius 1 is 1.22 bits per heavy atom. The highest BCUT2D eigenvalue weighted by Gasteiger charge is 2.20. The SMILES string of the molecule is O=C(O)c1ccc(C(O)c2ccc(F)cc2F)o1. The van der Waals surface area contributed by atoms with E-state index in [9.17, 15) is 18.7 Å². The van der Waals surface area contributed by atoms with Gasteiger partial charge in [-0.25, -0.2) is 13.6 Å². The molecular weight excluding hydrogens is 246 g/mol. The van der Waals surface area contributed by atoms with Crippen LogP contribution in [0.15, 0.2) is 34.7 Å². The predicted octanol–water partition coefficient (Wildman–Crippen LogP) is 2.34. The van der Waals surface area contributed by atoms with E-state index in [1.54, 1.807) is 0 Å². The van der Waals surface area contributed by atoms with Crippen LogP contribution in [0, 0.1) is 11.6 Å². The van der Waals surface area contributed by atoms with Crippen LogP contribution in [0.4, 0.5) is 8.78 Å². The van der Waals surface area contributed by atoms with E-state index < -0.39 is 23.7 Å². The van der Waals surface area contributed by atoms with E-state index in [1.165, 1.54) is 6.07 Å². The van der Waals surface area contributed by atoms with Gasteiger partial charge in [0.2, 0.25) is 5.76 Å². The van der Waals surface area contributed by atoms with Gasteiger partial charge in [-0.2, -0.15) is 0 Å². The number of hydrogen-bond acceptors (Lipinski definition) is 3. The van der Waals surface area contributed by atoms with Gasteiger partial charge in [0, 0.05) is 11.6 Å². The summed E-state index contributed by atoms with van der Waals surface area (Å²) in [5, 5.41) is 18.5. The van der Waals surface area contributed by atoms with E-state index in [2.05, 4.69) is 0 Å². The van der Waals surface area contributed by atoms with Crippen molar-refractivity contribution in [3.8, 4) is 0 Å². The number of rotatable bonds is 3. The molecule has 2 aromatic rings. The number of aromatic carboxylic acids is 1. The molecule has 1 unspecified atom stereocenters. The van der Waals surface area contributed by atoms with Gasteiger partial charge in [0.15, 0.2) is 0 Å². The zero-order valence-corrected chi connectivity index (χ0v) is 8.93. The Morgan fingerprint density at radius 3 is 2.50 bits per heavy atom. The minimum atomic E-state index is -1.49. The highest BCUT2D eigenvalue weighted by Crippen LogP contribution is 2.26. The number of furan rings is 1. The second-order valence-electron chi connectivity index (χ2n) is 3.58. The molecule has 2 rings (SSSR count). The number of carboxylic acids is 1. The third kappa shape index (κ3) is 2.23. The summed E-state index contributed by atoms with van der Waals surface area (Å²) in [7, 11) is 0. The van der Waals surface area contributed by atoms with E-state index in [4.69, 9.17) is 9.52 Å². The third-order valence-corrected chi connectivity index (χ3v) is 2.36. The lowest BCUT2D eigenvalue weighted by molar-refractivity contribution is 0.0655. The number of carboxylic acid groups (broad SMARTS) is 1. The van der Waals surface area contributed by atoms with Crippen LogP contribution in [-0.4, -0.2) is 16.2 Å². The fourth-order valence-corrected chi connectivity index (χ4v) is 1.49. The zero-order chi connectivity index (χ0) is 13.3. The molecule has 0 aliphatic rings. The van der Waals surface area contributed by atoms with Gasteiger partial charge in [-0.05, 0) is 18.2 Å². The van der Waals surface area contributed by atoms with Gasteiger partial charge in [0.05, 0.1) is 0 Å². The summed E-state index contributed by atoms with van der Waals surface area (Å²) in [5.41, 5.74) is -0.192. The molecule has 0 bridgehead atoms. The number of aliphatic hydroxyl groups is 1. The van der Waals surface area contributed by atoms with Crippen molar-refractivity contribution in [1.82, 2.24) is 0 Å². The van der Waals surface area contributed by atoms with Crippen molar-refractivity contribution in [3.63, 3.8) is 0 Å². The van der Waals surface area contributed by atoms with E-state index in [1.807, 2.05) is 0 Å². The number of hydrogen-bond donors (Lipinski definition) is 2. The molecule has 6 heteroatoms. The van der Waals surface area contributed by atoms with Crippen LogP contribution in [0.2, 0.25) is 0 Å². The van der Waals surface area contributed by atoms with Crippen molar-refractivity contribution in [1.29, 1.82) is 0 Å². The Balaban J connectivity index is 2.35. The maximum atomic E-state index is 13.4. The summed E-state index contributed by atoms with van der Waals surface area (Å²) in [6.07, 6.45) is -1.49. The van der Waals surface area contributed by atoms with Crippen LogP contribution < -0.4 is 0 Å². The number of benzene rings is 1. The molecule has 94 valence electrons. The molecule has 0 spiro atoms. The van der Waals surface area contributed by atoms with Crippen molar-refractivity contribution in [2.24, 2.45) is 0 Å². The van der Waals surface area contributed by atoms with Crippen molar-refractivity contribution < 1.29 is 28.2 Å². The van der Waals surface area contributed by atoms with Gasteiger partial charge < -0.3 is 14.6 Å². The summed E-state index contributed by atoms with van der Waals surface area (Å²) >= 11 is 0. The van der Waals surface area contributed by atoms with E-state index in [0.717, 1.165) is 18.2 Å². The highest BCUT2D eigenvalue weighted by atomic mass is 19.1. The fraction of sp³-hybridized carbons (Fsp3) is 0.0833. The zero-order valence-electron chi connectivity index (χ0n) is 8.93. The lowest BCUT2D eigenvalue weighted by Crippen LogP contribution is -2.02. The first-order chi connectivity index (χ1) is 8.49. The van der Waals surface area contributed by atoms with E-state index >= 15 is 0 Å². The summed E-state index contributed by atoms with van der Waals surface area (Å²) in [4.78, 5) is 10.6. The summed E-state index contributed by atoms with van der Waals surface area (Å²) in [5.74, 6) is -3.50. The Labute approximate surface area is 100 Å². The Morgan fingerprint density at radius 2 is 1.94 bits per heavy atom. The van der Waals surface area contributed by atoms with Gasteiger partial charge in [0.25, 0.3) is 0 Å². The van der Waals surface area contributed by atoms with Crippen LogP contribution >= 0.6 is 0 Å². The average Bonchev–Trinajstić information content (AvgIpc) is 2.77. The van der Waals surface area contributed by atoms with Gasteiger partial charge in [-0.15, -0.1) is 0 Å². The predicted molar refractivity (Wildman–Crippen MR) is 56.1 cm³/mol. The van der Waals surface area contributed by atoms with Crippen LogP contribution in [-0.2, 0) is 0 Å². The number of carbonyl (C=O) groups is 1. The maximum Gasteiger partial charge on any atom is 0.371 e. The quantitative estimate of drug-likeness (QED) is 0.881. The molecule has 18 heavy (non-hydrogen) atoms. The van der Waals surface area contributed by atoms with Crippen LogP contribution in [0.3, 0.4) is 0 Å².